The number of carbonyl (C=O) groups is 1. The van der Waals surface area contributed by atoms with Crippen molar-refractivity contribution in [1.29, 1.82) is 0 Å². The standard InChI is InChI=1S/C16H26N2O/c1-5-14-8-10-15(11-9-14)13(2)17-12-6-7-16(19)18(3)4/h8-11,13,17H,5-7,12H2,1-4H3. The number of nitrogens with zero attached hydrogens (tertiary/aromatic N) is 1. The van der Waals surface area contributed by atoms with Crippen LogP contribution in [-0.2, 0) is 11.2 Å². The van der Waals surface area contributed by atoms with Gasteiger partial charge in [-0.3, -0.25) is 4.79 Å². The van der Waals surface area contributed by atoms with Gasteiger partial charge < -0.3 is 10.2 Å². The SMILES string of the molecule is CCc1ccc(C(C)NCCCC(=O)N(C)C)cc1. The molecule has 1 aromatic carbocycles. The molecule has 106 valence electrons. The molecule has 1 rings (SSSR count). The molecule has 0 heterocycles. The van der Waals surface area contributed by atoms with Gasteiger partial charge in [0.25, 0.3) is 0 Å². The Labute approximate surface area is 117 Å². The van der Waals surface area contributed by atoms with Crippen LogP contribution < -0.4 is 5.32 Å². The van der Waals surface area contributed by atoms with Crippen molar-refractivity contribution >= 4 is 5.91 Å². The van der Waals surface area contributed by atoms with Crippen molar-refractivity contribution in [2.45, 2.75) is 39.2 Å². The molecular formula is C16H26N2O. The van der Waals surface area contributed by atoms with Crippen LogP contribution in [0.2, 0.25) is 0 Å². The Morgan fingerprint density at radius 1 is 1.26 bits per heavy atom. The maximum atomic E-state index is 11.4. The quantitative estimate of drug-likeness (QED) is 0.766. The molecule has 1 unspecified atom stereocenters. The largest absolute Gasteiger partial charge is 0.349 e. The van der Waals surface area contributed by atoms with Crippen molar-refractivity contribution < 1.29 is 4.79 Å². The first-order valence-electron chi connectivity index (χ1n) is 7.07. The van der Waals surface area contributed by atoms with Crippen LogP contribution in [0.15, 0.2) is 24.3 Å². The molecule has 0 aliphatic rings. The summed E-state index contributed by atoms with van der Waals surface area (Å²) in [5.74, 6) is 0.196. The minimum absolute atomic E-state index is 0.196. The number of amides is 1. The van der Waals surface area contributed by atoms with E-state index in [2.05, 4.69) is 43.4 Å². The van der Waals surface area contributed by atoms with Crippen LogP contribution in [0.5, 0.6) is 0 Å². The Morgan fingerprint density at radius 2 is 1.89 bits per heavy atom. The van der Waals surface area contributed by atoms with Gasteiger partial charge in [-0.1, -0.05) is 31.2 Å². The van der Waals surface area contributed by atoms with E-state index in [1.54, 1.807) is 19.0 Å². The van der Waals surface area contributed by atoms with Crippen molar-refractivity contribution in [2.24, 2.45) is 0 Å². The molecule has 1 N–H and O–H groups in total. The average Bonchev–Trinajstić information content (AvgIpc) is 2.43. The lowest BCUT2D eigenvalue weighted by Gasteiger charge is -2.15. The summed E-state index contributed by atoms with van der Waals surface area (Å²) in [4.78, 5) is 13.1. The molecule has 0 bridgehead atoms. The van der Waals surface area contributed by atoms with Crippen LogP contribution >= 0.6 is 0 Å². The Balaban J connectivity index is 2.30. The Kier molecular flexibility index (Phi) is 6.57. The Bertz CT molecular complexity index is 384. The van der Waals surface area contributed by atoms with Crippen molar-refractivity contribution in [1.82, 2.24) is 10.2 Å². The fraction of sp³-hybridized carbons (Fsp3) is 0.562. The minimum atomic E-state index is 0.196. The van der Waals surface area contributed by atoms with Gasteiger partial charge in [-0.2, -0.15) is 0 Å². The first kappa shape index (κ1) is 15.7. The van der Waals surface area contributed by atoms with Gasteiger partial charge in [-0.05, 0) is 37.4 Å². The van der Waals surface area contributed by atoms with E-state index in [0.29, 0.717) is 12.5 Å². The van der Waals surface area contributed by atoms with Crippen LogP contribution in [0.4, 0.5) is 0 Å². The average molecular weight is 262 g/mol. The molecule has 1 aromatic rings. The molecule has 0 saturated carbocycles. The van der Waals surface area contributed by atoms with Gasteiger partial charge in [0.2, 0.25) is 5.91 Å². The predicted octanol–water partition coefficient (Wildman–Crippen LogP) is 2.77. The maximum absolute atomic E-state index is 11.4. The molecule has 0 aliphatic heterocycles. The molecular weight excluding hydrogens is 236 g/mol. The maximum Gasteiger partial charge on any atom is 0.222 e. The molecule has 0 aromatic heterocycles. The number of nitrogens with one attached hydrogen (secondary N) is 1. The number of aryl methyl sites for hydroxylation is 1. The van der Waals surface area contributed by atoms with Crippen molar-refractivity contribution in [3.05, 3.63) is 35.4 Å². The second-order valence-electron chi connectivity index (χ2n) is 5.16. The zero-order chi connectivity index (χ0) is 14.3. The van der Waals surface area contributed by atoms with Crippen LogP contribution in [0.1, 0.15) is 43.9 Å². The smallest absolute Gasteiger partial charge is 0.222 e. The summed E-state index contributed by atoms with van der Waals surface area (Å²) in [6.45, 7) is 5.20. The molecule has 0 aliphatic carbocycles. The normalized spacial score (nSPS) is 12.2. The fourth-order valence-corrected chi connectivity index (χ4v) is 1.94. The molecule has 19 heavy (non-hydrogen) atoms. The van der Waals surface area contributed by atoms with Gasteiger partial charge in [0.05, 0.1) is 0 Å². The van der Waals surface area contributed by atoms with Crippen molar-refractivity contribution in [3.8, 4) is 0 Å². The molecule has 0 fully saturated rings. The zero-order valence-electron chi connectivity index (χ0n) is 12.6. The Hall–Kier alpha value is -1.35. The number of rotatable bonds is 7. The molecule has 1 atom stereocenters. The van der Waals surface area contributed by atoms with Gasteiger partial charge >= 0.3 is 0 Å². The Morgan fingerprint density at radius 3 is 2.42 bits per heavy atom. The van der Waals surface area contributed by atoms with E-state index >= 15 is 0 Å². The third-order valence-electron chi connectivity index (χ3n) is 3.40. The second-order valence-corrected chi connectivity index (χ2v) is 5.16. The van der Waals surface area contributed by atoms with Gasteiger partial charge in [0.1, 0.15) is 0 Å². The van der Waals surface area contributed by atoms with E-state index in [-0.39, 0.29) is 5.91 Å². The fourth-order valence-electron chi connectivity index (χ4n) is 1.94. The van der Waals surface area contributed by atoms with Crippen LogP contribution in [0.25, 0.3) is 0 Å². The lowest BCUT2D eigenvalue weighted by Crippen LogP contribution is -2.24. The van der Waals surface area contributed by atoms with E-state index < -0.39 is 0 Å². The van der Waals surface area contributed by atoms with Gasteiger partial charge in [-0.15, -0.1) is 0 Å². The lowest BCUT2D eigenvalue weighted by atomic mass is 10.0. The number of benzene rings is 1. The summed E-state index contributed by atoms with van der Waals surface area (Å²) in [6, 6.07) is 9.06. The summed E-state index contributed by atoms with van der Waals surface area (Å²) in [5, 5.41) is 3.46. The third kappa shape index (κ3) is 5.43. The second kappa shape index (κ2) is 7.95. The molecule has 0 saturated heterocycles. The van der Waals surface area contributed by atoms with E-state index in [0.717, 1.165) is 19.4 Å². The first-order valence-corrected chi connectivity index (χ1v) is 7.07. The summed E-state index contributed by atoms with van der Waals surface area (Å²) < 4.78 is 0. The lowest BCUT2D eigenvalue weighted by molar-refractivity contribution is -0.128. The number of carbonyl (C=O) groups excluding carboxylic acids is 1. The van der Waals surface area contributed by atoms with Crippen LogP contribution in [0.3, 0.4) is 0 Å². The van der Waals surface area contributed by atoms with E-state index in [9.17, 15) is 4.79 Å². The molecule has 0 spiro atoms. The predicted molar refractivity (Wildman–Crippen MR) is 80.2 cm³/mol. The highest BCUT2D eigenvalue weighted by Gasteiger charge is 2.06. The minimum Gasteiger partial charge on any atom is -0.349 e. The number of hydrogen-bond donors (Lipinski definition) is 1. The monoisotopic (exact) mass is 262 g/mol. The highest BCUT2D eigenvalue weighted by Crippen LogP contribution is 2.13. The first-order chi connectivity index (χ1) is 9.04. The van der Waals surface area contributed by atoms with Gasteiger partial charge in [0, 0.05) is 26.6 Å². The molecule has 0 radical (unpaired) electrons. The topological polar surface area (TPSA) is 32.3 Å². The third-order valence-corrected chi connectivity index (χ3v) is 3.40. The zero-order valence-corrected chi connectivity index (χ0v) is 12.6. The molecule has 1 amide bonds. The summed E-state index contributed by atoms with van der Waals surface area (Å²) in [5.41, 5.74) is 2.67. The summed E-state index contributed by atoms with van der Waals surface area (Å²) in [6.07, 6.45) is 2.57. The molecule has 3 nitrogen and oxygen atoms in total. The van der Waals surface area contributed by atoms with Crippen molar-refractivity contribution in [3.63, 3.8) is 0 Å². The van der Waals surface area contributed by atoms with Crippen LogP contribution in [0, 0.1) is 0 Å². The van der Waals surface area contributed by atoms with Crippen molar-refractivity contribution in [2.75, 3.05) is 20.6 Å². The summed E-state index contributed by atoms with van der Waals surface area (Å²) >= 11 is 0. The number of hydrogen-bond acceptors (Lipinski definition) is 2. The van der Waals surface area contributed by atoms with E-state index in [1.165, 1.54) is 11.1 Å². The highest BCUT2D eigenvalue weighted by molar-refractivity contribution is 5.75. The van der Waals surface area contributed by atoms with Crippen LogP contribution in [-0.4, -0.2) is 31.4 Å². The van der Waals surface area contributed by atoms with E-state index in [4.69, 9.17) is 0 Å². The van der Waals surface area contributed by atoms with Gasteiger partial charge in [0.15, 0.2) is 0 Å². The summed E-state index contributed by atoms with van der Waals surface area (Å²) in [7, 11) is 3.60. The van der Waals surface area contributed by atoms with Gasteiger partial charge in [-0.25, -0.2) is 0 Å². The highest BCUT2D eigenvalue weighted by atomic mass is 16.2. The molecule has 3 heteroatoms. The van der Waals surface area contributed by atoms with E-state index in [1.807, 2.05) is 0 Å².